The molecular formula is C26H21ClN2O5. The molecule has 3 aromatic rings. The van der Waals surface area contributed by atoms with Crippen LogP contribution in [0.5, 0.6) is 11.5 Å². The molecule has 1 saturated heterocycles. The highest BCUT2D eigenvalue weighted by atomic mass is 35.5. The van der Waals surface area contributed by atoms with Gasteiger partial charge < -0.3 is 9.84 Å². The Kier molecular flexibility index (Phi) is 6.65. The van der Waals surface area contributed by atoms with Crippen molar-refractivity contribution in [3.63, 3.8) is 0 Å². The number of nitrogens with zero attached hydrogens (tertiary/aromatic N) is 1. The van der Waals surface area contributed by atoms with E-state index in [1.165, 1.54) is 30.3 Å². The van der Waals surface area contributed by atoms with Crippen LogP contribution >= 0.6 is 11.6 Å². The smallest absolute Gasteiger partial charge is 0.335 e. The Balaban J connectivity index is 1.67. The maximum Gasteiger partial charge on any atom is 0.335 e. The third-order valence-corrected chi connectivity index (χ3v) is 5.62. The van der Waals surface area contributed by atoms with E-state index >= 15 is 0 Å². The van der Waals surface area contributed by atoms with E-state index in [9.17, 15) is 19.5 Å². The Morgan fingerprint density at radius 3 is 2.44 bits per heavy atom. The first-order chi connectivity index (χ1) is 16.4. The van der Waals surface area contributed by atoms with Gasteiger partial charge in [-0.3, -0.25) is 14.9 Å². The Labute approximate surface area is 201 Å². The first kappa shape index (κ1) is 23.1. The molecule has 0 spiro atoms. The standard InChI is InChI=1S/C26H21ClN2O5/c1-2-34-23-14-16(7-8-18(23)15-17-5-3-4-6-22(17)27)13-21-24(31)28-26(33)29(25(21)32)19-9-11-20(30)12-10-19/h3-14,30H,2,15H2,1H3,(H,28,31,33)/b21-13+. The van der Waals surface area contributed by atoms with Gasteiger partial charge in [-0.25, -0.2) is 9.69 Å². The van der Waals surface area contributed by atoms with Gasteiger partial charge in [0.25, 0.3) is 11.8 Å². The molecule has 7 nitrogen and oxygen atoms in total. The number of ether oxygens (including phenoxy) is 1. The number of imide groups is 2. The first-order valence-corrected chi connectivity index (χ1v) is 10.9. The maximum atomic E-state index is 13.1. The SMILES string of the molecule is CCOc1cc(/C=C2\C(=O)NC(=O)N(c3ccc(O)cc3)C2=O)ccc1Cc1ccccc1Cl. The molecule has 8 heteroatoms. The molecule has 0 radical (unpaired) electrons. The van der Waals surface area contributed by atoms with Crippen molar-refractivity contribution < 1.29 is 24.2 Å². The van der Waals surface area contributed by atoms with Gasteiger partial charge in [0.2, 0.25) is 0 Å². The lowest BCUT2D eigenvalue weighted by Crippen LogP contribution is -2.54. The summed E-state index contributed by atoms with van der Waals surface area (Å²) in [5.41, 5.74) is 2.43. The summed E-state index contributed by atoms with van der Waals surface area (Å²) in [7, 11) is 0. The number of anilines is 1. The average Bonchev–Trinajstić information content (AvgIpc) is 2.81. The fraction of sp³-hybridized carbons (Fsp3) is 0.115. The lowest BCUT2D eigenvalue weighted by atomic mass is 10.0. The molecule has 0 bridgehead atoms. The second kappa shape index (κ2) is 9.80. The highest BCUT2D eigenvalue weighted by Gasteiger charge is 2.36. The van der Waals surface area contributed by atoms with Crippen molar-refractivity contribution in [2.24, 2.45) is 0 Å². The number of phenols is 1. The minimum Gasteiger partial charge on any atom is -0.508 e. The molecule has 1 aliphatic rings. The fourth-order valence-corrected chi connectivity index (χ4v) is 3.81. The molecule has 1 aliphatic heterocycles. The molecule has 172 valence electrons. The quantitative estimate of drug-likeness (QED) is 0.397. The predicted molar refractivity (Wildman–Crippen MR) is 129 cm³/mol. The predicted octanol–water partition coefficient (Wildman–Crippen LogP) is 4.70. The van der Waals surface area contributed by atoms with Gasteiger partial charge in [0.1, 0.15) is 17.1 Å². The summed E-state index contributed by atoms with van der Waals surface area (Å²) in [6, 6.07) is 17.6. The van der Waals surface area contributed by atoms with Crippen molar-refractivity contribution in [3.05, 3.63) is 94.0 Å². The van der Waals surface area contributed by atoms with E-state index in [2.05, 4.69) is 5.32 Å². The summed E-state index contributed by atoms with van der Waals surface area (Å²) in [5, 5.41) is 12.3. The fourth-order valence-electron chi connectivity index (χ4n) is 3.60. The maximum absolute atomic E-state index is 13.1. The van der Waals surface area contributed by atoms with Crippen LogP contribution in [0.3, 0.4) is 0 Å². The summed E-state index contributed by atoms with van der Waals surface area (Å²) in [6.45, 7) is 2.29. The van der Waals surface area contributed by atoms with Gasteiger partial charge in [-0.15, -0.1) is 0 Å². The Bertz CT molecular complexity index is 1300. The molecule has 2 N–H and O–H groups in total. The van der Waals surface area contributed by atoms with E-state index in [1.807, 2.05) is 37.3 Å². The molecule has 4 rings (SSSR count). The van der Waals surface area contributed by atoms with E-state index in [0.29, 0.717) is 29.4 Å². The monoisotopic (exact) mass is 476 g/mol. The summed E-state index contributed by atoms with van der Waals surface area (Å²) in [4.78, 5) is 38.7. The number of phenolic OH excluding ortho intramolecular Hbond substituents is 1. The van der Waals surface area contributed by atoms with Crippen LogP contribution in [0.1, 0.15) is 23.6 Å². The molecule has 3 aromatic carbocycles. The van der Waals surface area contributed by atoms with Crippen molar-refractivity contribution in [2.75, 3.05) is 11.5 Å². The number of carbonyl (C=O) groups excluding carboxylic acids is 3. The van der Waals surface area contributed by atoms with Crippen LogP contribution in [0, 0.1) is 0 Å². The summed E-state index contributed by atoms with van der Waals surface area (Å²) in [6.07, 6.45) is 1.97. The number of amides is 4. The Hall–Kier alpha value is -4.10. The second-order valence-electron chi connectivity index (χ2n) is 7.54. The molecule has 34 heavy (non-hydrogen) atoms. The normalized spacial score (nSPS) is 14.9. The first-order valence-electron chi connectivity index (χ1n) is 10.6. The molecule has 0 unspecified atom stereocenters. The van der Waals surface area contributed by atoms with Gasteiger partial charge >= 0.3 is 6.03 Å². The largest absolute Gasteiger partial charge is 0.508 e. The Morgan fingerprint density at radius 2 is 1.74 bits per heavy atom. The molecule has 0 atom stereocenters. The minimum absolute atomic E-state index is 0.0132. The number of carbonyl (C=O) groups is 3. The van der Waals surface area contributed by atoms with Crippen molar-refractivity contribution in [1.29, 1.82) is 0 Å². The van der Waals surface area contributed by atoms with Crippen LogP contribution in [-0.4, -0.2) is 29.6 Å². The van der Waals surface area contributed by atoms with Gasteiger partial charge in [-0.2, -0.15) is 0 Å². The van der Waals surface area contributed by atoms with E-state index in [-0.39, 0.29) is 17.0 Å². The molecule has 4 amide bonds. The summed E-state index contributed by atoms with van der Waals surface area (Å²) < 4.78 is 5.81. The number of hydrogen-bond acceptors (Lipinski definition) is 5. The van der Waals surface area contributed by atoms with Crippen molar-refractivity contribution in [2.45, 2.75) is 13.3 Å². The third kappa shape index (κ3) is 4.79. The zero-order valence-corrected chi connectivity index (χ0v) is 19.0. The summed E-state index contributed by atoms with van der Waals surface area (Å²) >= 11 is 6.30. The van der Waals surface area contributed by atoms with Gasteiger partial charge in [0, 0.05) is 11.4 Å². The summed E-state index contributed by atoms with van der Waals surface area (Å²) in [5.74, 6) is -0.964. The van der Waals surface area contributed by atoms with E-state index in [1.54, 1.807) is 12.1 Å². The van der Waals surface area contributed by atoms with Gasteiger partial charge in [-0.05, 0) is 66.1 Å². The van der Waals surface area contributed by atoms with E-state index in [4.69, 9.17) is 16.3 Å². The number of barbiturate groups is 1. The number of aromatic hydroxyl groups is 1. The number of rotatable bonds is 6. The van der Waals surface area contributed by atoms with Crippen molar-refractivity contribution in [1.82, 2.24) is 5.32 Å². The van der Waals surface area contributed by atoms with Crippen LogP contribution < -0.4 is 15.0 Å². The van der Waals surface area contributed by atoms with Gasteiger partial charge in [0.05, 0.1) is 12.3 Å². The molecule has 0 aromatic heterocycles. The average molecular weight is 477 g/mol. The number of nitrogens with one attached hydrogen (secondary N) is 1. The molecule has 1 fully saturated rings. The zero-order valence-electron chi connectivity index (χ0n) is 18.2. The van der Waals surface area contributed by atoms with Gasteiger partial charge in [-0.1, -0.05) is 41.9 Å². The molecular weight excluding hydrogens is 456 g/mol. The Morgan fingerprint density at radius 1 is 1.00 bits per heavy atom. The van der Waals surface area contributed by atoms with Crippen molar-refractivity contribution >= 4 is 41.2 Å². The highest BCUT2D eigenvalue weighted by Crippen LogP contribution is 2.29. The number of hydrogen-bond donors (Lipinski definition) is 2. The van der Waals surface area contributed by atoms with E-state index < -0.39 is 17.8 Å². The zero-order chi connectivity index (χ0) is 24.2. The number of halogens is 1. The van der Waals surface area contributed by atoms with Crippen LogP contribution in [-0.2, 0) is 16.0 Å². The molecule has 0 saturated carbocycles. The topological polar surface area (TPSA) is 95.9 Å². The lowest BCUT2D eigenvalue weighted by Gasteiger charge is -2.26. The van der Waals surface area contributed by atoms with Crippen LogP contribution in [0.25, 0.3) is 6.08 Å². The number of benzene rings is 3. The second-order valence-corrected chi connectivity index (χ2v) is 7.95. The molecule has 1 heterocycles. The number of urea groups is 1. The highest BCUT2D eigenvalue weighted by molar-refractivity contribution is 6.39. The molecule has 0 aliphatic carbocycles. The van der Waals surface area contributed by atoms with E-state index in [0.717, 1.165) is 16.0 Å². The van der Waals surface area contributed by atoms with Crippen molar-refractivity contribution in [3.8, 4) is 11.5 Å². The van der Waals surface area contributed by atoms with Crippen LogP contribution in [0.4, 0.5) is 10.5 Å². The van der Waals surface area contributed by atoms with Crippen LogP contribution in [0.2, 0.25) is 5.02 Å². The lowest BCUT2D eigenvalue weighted by molar-refractivity contribution is -0.122. The van der Waals surface area contributed by atoms with Crippen LogP contribution in [0.15, 0.2) is 72.3 Å². The van der Waals surface area contributed by atoms with Gasteiger partial charge in [0.15, 0.2) is 0 Å². The minimum atomic E-state index is -0.858. The third-order valence-electron chi connectivity index (χ3n) is 5.25.